The first kappa shape index (κ1) is 13.2. The molecule has 2 rings (SSSR count). The molecule has 0 bridgehead atoms. The Morgan fingerprint density at radius 3 is 2.94 bits per heavy atom. The zero-order valence-electron chi connectivity index (χ0n) is 11.4. The molecule has 0 aliphatic carbocycles. The molecule has 1 N–H and O–H groups in total. The normalized spacial score (nSPS) is 17.1. The molecule has 0 saturated carbocycles. The highest BCUT2D eigenvalue weighted by molar-refractivity contribution is 5.28. The van der Waals surface area contributed by atoms with Crippen molar-refractivity contribution in [2.24, 2.45) is 0 Å². The van der Waals surface area contributed by atoms with Gasteiger partial charge in [0.15, 0.2) is 0 Å². The zero-order chi connectivity index (χ0) is 12.8. The van der Waals surface area contributed by atoms with E-state index in [9.17, 15) is 0 Å². The van der Waals surface area contributed by atoms with E-state index < -0.39 is 0 Å². The van der Waals surface area contributed by atoms with E-state index in [0.717, 1.165) is 50.4 Å². The maximum absolute atomic E-state index is 5.82. The van der Waals surface area contributed by atoms with Crippen LogP contribution in [0.15, 0.2) is 28.6 Å². The summed E-state index contributed by atoms with van der Waals surface area (Å²) >= 11 is 0. The quantitative estimate of drug-likeness (QED) is 0.836. The number of furan rings is 1. The number of hydrogen-bond donors (Lipinski definition) is 1. The molecule has 1 aromatic heterocycles. The van der Waals surface area contributed by atoms with Gasteiger partial charge in [-0.05, 0) is 37.9 Å². The van der Waals surface area contributed by atoms with Crippen LogP contribution in [0.1, 0.15) is 50.5 Å². The minimum atomic E-state index is 0.152. The molecule has 0 saturated heterocycles. The number of nitrogens with one attached hydrogen (secondary N) is 1. The van der Waals surface area contributed by atoms with Crippen molar-refractivity contribution < 1.29 is 9.15 Å². The van der Waals surface area contributed by atoms with Gasteiger partial charge < -0.3 is 14.5 Å². The van der Waals surface area contributed by atoms with Crippen molar-refractivity contribution in [3.63, 3.8) is 0 Å². The van der Waals surface area contributed by atoms with E-state index in [0.29, 0.717) is 0 Å². The largest absolute Gasteiger partial charge is 0.496 e. The van der Waals surface area contributed by atoms with Crippen molar-refractivity contribution in [1.82, 2.24) is 5.32 Å². The first-order valence-corrected chi connectivity index (χ1v) is 6.99. The maximum Gasteiger partial charge on any atom is 0.114 e. The van der Waals surface area contributed by atoms with Gasteiger partial charge in [0.25, 0.3) is 0 Å². The van der Waals surface area contributed by atoms with Crippen LogP contribution in [0.3, 0.4) is 0 Å². The summed E-state index contributed by atoms with van der Waals surface area (Å²) in [5.41, 5.74) is 1.22. The van der Waals surface area contributed by atoms with Crippen molar-refractivity contribution in [3.8, 4) is 0 Å². The highest BCUT2D eigenvalue weighted by Crippen LogP contribution is 2.29. The molecule has 18 heavy (non-hydrogen) atoms. The summed E-state index contributed by atoms with van der Waals surface area (Å²) < 4.78 is 11.4. The number of allylic oxidation sites excluding steroid dienone is 1. The second kappa shape index (κ2) is 6.64. The van der Waals surface area contributed by atoms with E-state index in [-0.39, 0.29) is 6.04 Å². The lowest BCUT2D eigenvalue weighted by molar-refractivity contribution is 0.167. The van der Waals surface area contributed by atoms with E-state index >= 15 is 0 Å². The summed E-state index contributed by atoms with van der Waals surface area (Å²) in [5, 5.41) is 3.56. The molecule has 1 atom stereocenters. The fourth-order valence-electron chi connectivity index (χ4n) is 2.33. The molecule has 1 aliphatic heterocycles. The van der Waals surface area contributed by atoms with E-state index in [4.69, 9.17) is 9.15 Å². The SMILES string of the molecule is CCCNC(C1=CCCCO1)c1ccoc1CC. The Hall–Kier alpha value is -1.22. The first-order valence-electron chi connectivity index (χ1n) is 6.99. The van der Waals surface area contributed by atoms with Crippen molar-refractivity contribution >= 4 is 0 Å². The third-order valence-electron chi connectivity index (χ3n) is 3.26. The fraction of sp³-hybridized carbons (Fsp3) is 0.600. The molecule has 1 aliphatic rings. The van der Waals surface area contributed by atoms with Crippen LogP contribution in [-0.4, -0.2) is 13.2 Å². The Bertz CT molecular complexity index is 395. The average Bonchev–Trinajstić information content (AvgIpc) is 2.89. The highest BCUT2D eigenvalue weighted by Gasteiger charge is 2.23. The van der Waals surface area contributed by atoms with Gasteiger partial charge in [0.1, 0.15) is 11.5 Å². The van der Waals surface area contributed by atoms with Crippen LogP contribution in [0.25, 0.3) is 0 Å². The van der Waals surface area contributed by atoms with Gasteiger partial charge in [0, 0.05) is 12.0 Å². The molecule has 100 valence electrons. The topological polar surface area (TPSA) is 34.4 Å². The lowest BCUT2D eigenvalue weighted by Gasteiger charge is -2.24. The predicted molar refractivity (Wildman–Crippen MR) is 72.4 cm³/mol. The molecule has 0 aromatic carbocycles. The molecule has 0 amide bonds. The first-order chi connectivity index (χ1) is 8.86. The second-order valence-electron chi connectivity index (χ2n) is 4.64. The molecule has 0 fully saturated rings. The van der Waals surface area contributed by atoms with Gasteiger partial charge in [0.05, 0.1) is 18.9 Å². The molecule has 3 heteroatoms. The fourth-order valence-corrected chi connectivity index (χ4v) is 2.33. The number of ether oxygens (including phenoxy) is 1. The molecular weight excluding hydrogens is 226 g/mol. The molecule has 1 aromatic rings. The van der Waals surface area contributed by atoms with Crippen LogP contribution in [0.4, 0.5) is 0 Å². The Labute approximate surface area is 109 Å². The van der Waals surface area contributed by atoms with Gasteiger partial charge in [0.2, 0.25) is 0 Å². The highest BCUT2D eigenvalue weighted by atomic mass is 16.5. The third kappa shape index (κ3) is 2.96. The Morgan fingerprint density at radius 1 is 1.39 bits per heavy atom. The molecule has 0 spiro atoms. The van der Waals surface area contributed by atoms with Gasteiger partial charge in [-0.25, -0.2) is 0 Å². The number of rotatable bonds is 6. The van der Waals surface area contributed by atoms with Crippen LogP contribution in [0.2, 0.25) is 0 Å². The zero-order valence-corrected chi connectivity index (χ0v) is 11.4. The van der Waals surface area contributed by atoms with E-state index in [1.165, 1.54) is 5.56 Å². The summed E-state index contributed by atoms with van der Waals surface area (Å²) in [6.45, 7) is 6.11. The summed E-state index contributed by atoms with van der Waals surface area (Å²) in [6, 6.07) is 2.21. The summed E-state index contributed by atoms with van der Waals surface area (Å²) in [4.78, 5) is 0. The van der Waals surface area contributed by atoms with E-state index in [1.807, 2.05) is 0 Å². The van der Waals surface area contributed by atoms with Crippen molar-refractivity contribution in [2.75, 3.05) is 13.2 Å². The monoisotopic (exact) mass is 249 g/mol. The van der Waals surface area contributed by atoms with Crippen LogP contribution >= 0.6 is 0 Å². The number of aryl methyl sites for hydroxylation is 1. The molecular formula is C15H23NO2. The van der Waals surface area contributed by atoms with Gasteiger partial charge in [-0.15, -0.1) is 0 Å². The molecule has 2 heterocycles. The van der Waals surface area contributed by atoms with Crippen molar-refractivity contribution in [2.45, 2.75) is 45.6 Å². The predicted octanol–water partition coefficient (Wildman–Crippen LogP) is 3.58. The van der Waals surface area contributed by atoms with E-state index in [1.54, 1.807) is 6.26 Å². The van der Waals surface area contributed by atoms with Crippen LogP contribution < -0.4 is 5.32 Å². The Morgan fingerprint density at radius 2 is 2.28 bits per heavy atom. The van der Waals surface area contributed by atoms with Gasteiger partial charge >= 0.3 is 0 Å². The summed E-state index contributed by atoms with van der Waals surface area (Å²) in [5.74, 6) is 2.12. The summed E-state index contributed by atoms with van der Waals surface area (Å²) in [7, 11) is 0. The third-order valence-corrected chi connectivity index (χ3v) is 3.26. The van der Waals surface area contributed by atoms with Gasteiger partial charge in [-0.3, -0.25) is 0 Å². The number of hydrogen-bond acceptors (Lipinski definition) is 3. The molecule has 1 unspecified atom stereocenters. The minimum Gasteiger partial charge on any atom is -0.496 e. The maximum atomic E-state index is 5.82. The minimum absolute atomic E-state index is 0.152. The van der Waals surface area contributed by atoms with Crippen molar-refractivity contribution in [1.29, 1.82) is 0 Å². The Balaban J connectivity index is 2.21. The lowest BCUT2D eigenvalue weighted by Crippen LogP contribution is -2.26. The van der Waals surface area contributed by atoms with Crippen LogP contribution in [0, 0.1) is 0 Å². The Kier molecular flexibility index (Phi) is 4.88. The molecule has 0 radical (unpaired) electrons. The molecule has 3 nitrogen and oxygen atoms in total. The average molecular weight is 249 g/mol. The van der Waals surface area contributed by atoms with Gasteiger partial charge in [-0.1, -0.05) is 13.8 Å². The van der Waals surface area contributed by atoms with Crippen LogP contribution in [-0.2, 0) is 11.2 Å². The van der Waals surface area contributed by atoms with Gasteiger partial charge in [-0.2, -0.15) is 0 Å². The van der Waals surface area contributed by atoms with Crippen LogP contribution in [0.5, 0.6) is 0 Å². The van der Waals surface area contributed by atoms with Crippen molar-refractivity contribution in [3.05, 3.63) is 35.5 Å². The smallest absolute Gasteiger partial charge is 0.114 e. The summed E-state index contributed by atoms with van der Waals surface area (Å²) in [6.07, 6.45) is 8.25. The second-order valence-corrected chi connectivity index (χ2v) is 4.64. The van der Waals surface area contributed by atoms with E-state index in [2.05, 4.69) is 31.3 Å². The lowest BCUT2D eigenvalue weighted by atomic mass is 10.0. The standard InChI is InChI=1S/C15H23NO2/c1-3-9-16-15(14-7-5-6-10-17-14)12-8-11-18-13(12)4-2/h7-8,11,15-16H,3-6,9-10H2,1-2H3.